The van der Waals surface area contributed by atoms with Gasteiger partial charge in [-0.2, -0.15) is 0 Å². The molecular weight excluding hydrogens is 1470 g/mol. The fraction of sp³-hybridized carbons (Fsp3) is 0.800. The first-order chi connectivity index (χ1) is 51.4. The maximum absolute atomic E-state index is 15.8. The summed E-state index contributed by atoms with van der Waals surface area (Å²) in [6, 6.07) is -21.4. The topological polar surface area (TPSA) is 693 Å². The van der Waals surface area contributed by atoms with Crippen molar-refractivity contribution in [3.63, 3.8) is 0 Å². The molecule has 0 aromatic heterocycles. The van der Waals surface area contributed by atoms with E-state index in [9.17, 15) is 114 Å². The number of hydrogen-bond donors (Lipinski definition) is 24. The van der Waals surface area contributed by atoms with Crippen LogP contribution in [0.4, 0.5) is 0 Å². The molecule has 110 heavy (non-hydrogen) atoms. The van der Waals surface area contributed by atoms with Crippen LogP contribution in [-0.2, 0) is 90.8 Å². The Morgan fingerprint density at radius 3 is 1.29 bits per heavy atom. The van der Waals surface area contributed by atoms with Crippen LogP contribution in [-0.4, -0.2) is 375 Å². The normalized spacial score (nSPS) is 30.5. The number of carbonyl (C=O) groups excluding carboxylic acids is 12. The number of nitrogens with two attached hydrogens (primary N) is 1. The first-order valence-electron chi connectivity index (χ1n) is 35.8. The molecule has 12 amide bonds. The van der Waals surface area contributed by atoms with Crippen LogP contribution < -0.4 is 58.9 Å². The Bertz CT molecular complexity index is 3190. The average molecular weight is 1580 g/mol. The van der Waals surface area contributed by atoms with Crippen molar-refractivity contribution in [1.82, 2.24) is 63.0 Å². The van der Waals surface area contributed by atoms with Crippen LogP contribution in [0.2, 0.25) is 0 Å². The maximum atomic E-state index is 15.8. The Morgan fingerprint density at radius 1 is 0.464 bits per heavy atom. The summed E-state index contributed by atoms with van der Waals surface area (Å²) in [7, 11) is 0. The molecule has 5 heterocycles. The molecular formula is C65H109N13O32. The van der Waals surface area contributed by atoms with E-state index in [1.54, 1.807) is 0 Å². The molecule has 0 bridgehead atoms. The Morgan fingerprint density at radius 2 is 0.855 bits per heavy atom. The number of carboxylic acids is 1. The van der Waals surface area contributed by atoms with Gasteiger partial charge in [0, 0.05) is 33.9 Å². The van der Waals surface area contributed by atoms with Gasteiger partial charge in [0.25, 0.3) is 0 Å². The van der Waals surface area contributed by atoms with Gasteiger partial charge in [0.05, 0.1) is 56.4 Å². The number of amides is 12. The third-order valence-electron chi connectivity index (χ3n) is 19.0. The van der Waals surface area contributed by atoms with Crippen molar-refractivity contribution in [2.75, 3.05) is 39.5 Å². The molecule has 0 unspecified atom stereocenters. The average Bonchev–Trinajstić information content (AvgIpc) is 0.881. The second-order valence-corrected chi connectivity index (χ2v) is 28.3. The molecule has 5 aliphatic rings. The van der Waals surface area contributed by atoms with Gasteiger partial charge in [-0.1, -0.05) is 13.8 Å². The smallest absolute Gasteiger partial charge is 0.322 e. The van der Waals surface area contributed by atoms with Gasteiger partial charge in [0.15, 0.2) is 18.9 Å². The molecule has 5 fully saturated rings. The lowest BCUT2D eigenvalue weighted by Crippen LogP contribution is -2.70. The summed E-state index contributed by atoms with van der Waals surface area (Å²) in [5, 5.41) is 163. The van der Waals surface area contributed by atoms with Crippen LogP contribution in [0.1, 0.15) is 102 Å². The highest BCUT2D eigenvalue weighted by atomic mass is 16.7. The zero-order valence-electron chi connectivity index (χ0n) is 62.5. The van der Waals surface area contributed by atoms with Gasteiger partial charge in [-0.05, 0) is 73.1 Å². The predicted octanol–water partition coefficient (Wildman–Crippen LogP) is -13.7. The highest BCUT2D eigenvalue weighted by molar-refractivity contribution is 5.99. The zero-order chi connectivity index (χ0) is 82.9. The number of carboxylic acid groups (broad SMARTS) is 1. The van der Waals surface area contributed by atoms with Crippen molar-refractivity contribution in [3.8, 4) is 0 Å². The molecule has 0 aliphatic carbocycles. The monoisotopic (exact) mass is 1580 g/mol. The van der Waals surface area contributed by atoms with E-state index in [-0.39, 0.29) is 38.8 Å². The summed E-state index contributed by atoms with van der Waals surface area (Å²) in [4.78, 5) is 180. The number of aliphatic carboxylic acids is 1. The summed E-state index contributed by atoms with van der Waals surface area (Å²) in [5.74, 6) is -15.4. The molecule has 25 N–H and O–H groups in total. The van der Waals surface area contributed by atoms with Crippen LogP contribution in [0.15, 0.2) is 0 Å². The van der Waals surface area contributed by atoms with Crippen LogP contribution in [0.25, 0.3) is 0 Å². The van der Waals surface area contributed by atoms with Crippen LogP contribution >= 0.6 is 0 Å². The fourth-order valence-corrected chi connectivity index (χ4v) is 13.0. The van der Waals surface area contributed by atoms with Crippen LogP contribution in [0, 0.1) is 5.92 Å². The third kappa shape index (κ3) is 24.2. The number of ether oxygens (including phenoxy) is 6. The highest BCUT2D eigenvalue weighted by Crippen LogP contribution is 2.33. The van der Waals surface area contributed by atoms with Gasteiger partial charge in [0.2, 0.25) is 70.9 Å². The van der Waals surface area contributed by atoms with Gasteiger partial charge < -0.3 is 164 Å². The minimum atomic E-state index is -2.17. The summed E-state index contributed by atoms with van der Waals surface area (Å²) < 4.78 is 36.9. The summed E-state index contributed by atoms with van der Waals surface area (Å²) in [6.07, 6.45) is -33.3. The number of likely N-dealkylation sites (tertiary alicyclic amines) is 2. The van der Waals surface area contributed by atoms with Crippen molar-refractivity contribution >= 4 is 76.9 Å². The molecule has 45 nitrogen and oxygen atoms in total. The molecule has 0 radical (unpaired) electrons. The van der Waals surface area contributed by atoms with E-state index in [0.29, 0.717) is 0 Å². The van der Waals surface area contributed by atoms with Gasteiger partial charge >= 0.3 is 5.97 Å². The summed E-state index contributed by atoms with van der Waals surface area (Å²) >= 11 is 0. The van der Waals surface area contributed by atoms with E-state index in [1.807, 2.05) is 5.32 Å². The van der Waals surface area contributed by atoms with E-state index in [2.05, 4.69) is 47.9 Å². The minimum absolute atomic E-state index is 0.000972. The minimum Gasteiger partial charge on any atom is -0.480 e. The second-order valence-electron chi connectivity index (χ2n) is 28.3. The van der Waals surface area contributed by atoms with Crippen LogP contribution in [0.5, 0.6) is 0 Å². The molecule has 5 aliphatic heterocycles. The molecule has 0 aromatic carbocycles. The first-order valence-corrected chi connectivity index (χ1v) is 35.8. The lowest BCUT2D eigenvalue weighted by atomic mass is 9.94. The highest BCUT2D eigenvalue weighted by Gasteiger charge is 2.55. The van der Waals surface area contributed by atoms with E-state index in [1.165, 1.54) is 20.8 Å². The second kappa shape index (κ2) is 41.8. The molecule has 30 atom stereocenters. The van der Waals surface area contributed by atoms with E-state index >= 15 is 9.59 Å². The number of hydrogen-bond acceptors (Lipinski definition) is 32. The molecule has 626 valence electrons. The van der Waals surface area contributed by atoms with Crippen molar-refractivity contribution in [3.05, 3.63) is 0 Å². The standard InChI is InChI=1S/C65H109N13O32/c1-22(2)39(71-59(101)42(26(6)84)74-60(102)41(25(5)83)73-56(98)38(66)23(3)81)58(100)76-44(62(104)78-17-13-15-33(78)55(97)75-43(27(7)85)61(103)77-16-12-14-32(77)54(96)72-40(24(4)82)57(99)67-18-37(89)90)28(8)106-65-47(70-31(11)88)53(110-64-46(69-30(10)87)52(95)49(92)35(20-80)108-64)50(93)36(109-65)21-105-63-45(68-29(9)86)51(94)48(91)34(19-79)107-63/h22-28,32-36,38-53,63-65,79-85,91-95H,12-21,66H2,1-11H3,(H,67,99)(H,68,86)(H,69,87)(H,70,88)(H,71,101)(H,72,96)(H,73,98)(H,74,102)(H,75,97)(H,76,100)(H,89,90)/t23-,24-,25-,26-,27-,28-,32+,33+,34-,35-,36-,38+,39+,40+,41+,42+,43+,44+,45-,46-,47-,48-,49-,50+,51-,52-,53-,63-,64+,65+/m1/s1. The van der Waals surface area contributed by atoms with Gasteiger partial charge in [-0.15, -0.1) is 0 Å². The van der Waals surface area contributed by atoms with E-state index < -0.39 is 292 Å². The summed E-state index contributed by atoms with van der Waals surface area (Å²) in [5.41, 5.74) is 5.73. The largest absolute Gasteiger partial charge is 0.480 e. The SMILES string of the molecule is CC(=O)N[C@H]1[C@H](OC[C@H]2O[C@H](O[C@H](C)[C@H](NC(=O)[C@@H](NC(=O)[C@@H](NC(=O)[C@@H](NC(=O)[C@@H](N)[C@@H](C)O)[C@@H](C)O)[C@@H](C)O)C(C)C)C(=O)N3CCC[C@H]3C(=O)N[C@H](C(=O)N3CCC[C@H]3C(=O)N[C@H](C(=O)NCC(=O)O)[C@@H](C)O)[C@@H](C)O)[C@H](NC(C)=O)[C@@H](O[C@@H]3O[C@H](CO)[C@@H](O)[C@H](O)[C@H]3NC(C)=O)[C@H]2O)O[C@H](CO)[C@@H](O)[C@@H]1O. The zero-order valence-corrected chi connectivity index (χ0v) is 62.5. The number of nitrogens with one attached hydrogen (secondary N) is 10. The third-order valence-corrected chi connectivity index (χ3v) is 19.0. The van der Waals surface area contributed by atoms with Gasteiger partial charge in [0.1, 0.15) is 134 Å². The van der Waals surface area contributed by atoms with Crippen LogP contribution in [0.3, 0.4) is 0 Å². The maximum Gasteiger partial charge on any atom is 0.322 e. The molecule has 0 aromatic rings. The van der Waals surface area contributed by atoms with E-state index in [0.717, 1.165) is 65.2 Å². The summed E-state index contributed by atoms with van der Waals surface area (Å²) in [6.45, 7) is 8.22. The number of aliphatic hydroxyl groups is 12. The quantitative estimate of drug-likeness (QED) is 0.0277. The molecule has 45 heteroatoms. The predicted molar refractivity (Wildman–Crippen MR) is 367 cm³/mol. The Labute approximate surface area is 631 Å². The van der Waals surface area contributed by atoms with Gasteiger partial charge in [-0.25, -0.2) is 0 Å². The Kier molecular flexibility index (Phi) is 35.3. The Hall–Kier alpha value is -7.65. The lowest BCUT2D eigenvalue weighted by Gasteiger charge is -2.49. The van der Waals surface area contributed by atoms with Crippen molar-refractivity contribution < 1.29 is 157 Å². The number of aliphatic hydroxyl groups excluding tert-OH is 12. The molecule has 0 spiro atoms. The van der Waals surface area contributed by atoms with Gasteiger partial charge in [-0.3, -0.25) is 62.3 Å². The van der Waals surface area contributed by atoms with Crippen molar-refractivity contribution in [2.45, 2.75) is 285 Å². The van der Waals surface area contributed by atoms with Crippen molar-refractivity contribution in [2.24, 2.45) is 11.7 Å². The Balaban J connectivity index is 1.62. The number of rotatable bonds is 36. The van der Waals surface area contributed by atoms with Crippen molar-refractivity contribution in [1.29, 1.82) is 0 Å². The fourth-order valence-electron chi connectivity index (χ4n) is 13.0. The molecule has 5 saturated heterocycles. The first kappa shape index (κ1) is 93.0. The lowest BCUT2D eigenvalue weighted by molar-refractivity contribution is -0.339. The molecule has 5 rings (SSSR count). The number of carbonyl (C=O) groups is 13. The molecule has 0 saturated carbocycles. The van der Waals surface area contributed by atoms with E-state index in [4.69, 9.17) is 39.3 Å². The number of nitrogens with zero attached hydrogens (tertiary/aromatic N) is 2.